The van der Waals surface area contributed by atoms with Gasteiger partial charge in [0.25, 0.3) is 0 Å². The maximum Gasteiger partial charge on any atom is 0.356 e. The molecule has 3 aromatic rings. The summed E-state index contributed by atoms with van der Waals surface area (Å²) < 4.78 is 12.2. The number of rotatable bonds is 10. The number of nitrogens with one attached hydrogen (secondary N) is 2. The monoisotopic (exact) mass is 482 g/mol. The number of anilines is 2. The standard InChI is InChI=1S/C25H30N4O6/c1-34-25(33)22-21(28-24(32)17-8-10-35-15-17)20-11-18(26-13-19(31)14-30)12-27-23(20)29(22)9-7-16-5-3-2-4-6-16/h2-6,11-12,17,19,26,30-31H,7-10,13-15H2,1H3,(H,28,32)/t17-,19+/m1/s1. The number of aryl methyl sites for hydroxylation is 2. The van der Waals surface area contributed by atoms with E-state index in [1.807, 2.05) is 30.3 Å². The summed E-state index contributed by atoms with van der Waals surface area (Å²) in [5.41, 5.74) is 2.73. The molecule has 0 bridgehead atoms. The molecule has 4 rings (SSSR count). The van der Waals surface area contributed by atoms with Gasteiger partial charge in [0.15, 0.2) is 5.69 Å². The molecule has 3 heterocycles. The quantitative estimate of drug-likeness (QED) is 0.322. The molecule has 1 saturated heterocycles. The van der Waals surface area contributed by atoms with Crippen molar-refractivity contribution in [3.63, 3.8) is 0 Å². The Morgan fingerprint density at radius 1 is 1.31 bits per heavy atom. The second kappa shape index (κ2) is 11.3. The molecule has 0 unspecified atom stereocenters. The van der Waals surface area contributed by atoms with Crippen LogP contribution >= 0.6 is 0 Å². The summed E-state index contributed by atoms with van der Waals surface area (Å²) in [5, 5.41) is 25.3. The number of methoxy groups -OCH3 is 1. The highest BCUT2D eigenvalue weighted by Gasteiger charge is 2.29. The van der Waals surface area contributed by atoms with Gasteiger partial charge in [-0.25, -0.2) is 9.78 Å². The van der Waals surface area contributed by atoms with Gasteiger partial charge in [-0.3, -0.25) is 4.79 Å². The Morgan fingerprint density at radius 2 is 2.11 bits per heavy atom. The van der Waals surface area contributed by atoms with Crippen LogP contribution in [-0.4, -0.2) is 71.2 Å². The third-order valence-electron chi connectivity index (χ3n) is 6.05. The Kier molecular flexibility index (Phi) is 7.96. The first kappa shape index (κ1) is 24.6. The lowest BCUT2D eigenvalue weighted by molar-refractivity contribution is -0.119. The van der Waals surface area contributed by atoms with Crippen molar-refractivity contribution in [3.8, 4) is 0 Å². The van der Waals surface area contributed by atoms with Crippen LogP contribution in [0.5, 0.6) is 0 Å². The average Bonchev–Trinajstić information content (AvgIpc) is 3.53. The normalized spacial score (nSPS) is 16.3. The molecule has 1 amide bonds. The van der Waals surface area contributed by atoms with Crippen molar-refractivity contribution in [2.24, 2.45) is 5.92 Å². The van der Waals surface area contributed by atoms with Crippen molar-refractivity contribution in [3.05, 3.63) is 53.9 Å². The van der Waals surface area contributed by atoms with Gasteiger partial charge in [-0.05, 0) is 24.5 Å². The summed E-state index contributed by atoms with van der Waals surface area (Å²) in [7, 11) is 1.30. The van der Waals surface area contributed by atoms with Crippen molar-refractivity contribution in [2.45, 2.75) is 25.5 Å². The predicted molar refractivity (Wildman–Crippen MR) is 130 cm³/mol. The molecule has 1 aliphatic rings. The highest BCUT2D eigenvalue weighted by Crippen LogP contribution is 2.33. The average molecular weight is 483 g/mol. The van der Waals surface area contributed by atoms with Crippen molar-refractivity contribution < 1.29 is 29.3 Å². The van der Waals surface area contributed by atoms with Crippen LogP contribution in [0.25, 0.3) is 11.0 Å². The van der Waals surface area contributed by atoms with Gasteiger partial charge in [0.05, 0.1) is 49.9 Å². The summed E-state index contributed by atoms with van der Waals surface area (Å²) in [6.45, 7) is 1.02. The van der Waals surface area contributed by atoms with E-state index in [0.29, 0.717) is 55.0 Å². The molecule has 0 aliphatic carbocycles. The number of ether oxygens (including phenoxy) is 2. The van der Waals surface area contributed by atoms with Crippen LogP contribution in [0.3, 0.4) is 0 Å². The van der Waals surface area contributed by atoms with E-state index in [1.165, 1.54) is 7.11 Å². The number of esters is 1. The first-order valence-electron chi connectivity index (χ1n) is 11.6. The number of carbonyl (C=O) groups excluding carboxylic acids is 2. The summed E-state index contributed by atoms with van der Waals surface area (Å²) in [6.07, 6.45) is 1.90. The molecule has 10 heteroatoms. The lowest BCUT2D eigenvalue weighted by atomic mass is 10.1. The summed E-state index contributed by atoms with van der Waals surface area (Å²) >= 11 is 0. The molecule has 10 nitrogen and oxygen atoms in total. The van der Waals surface area contributed by atoms with Crippen LogP contribution in [0, 0.1) is 5.92 Å². The maximum atomic E-state index is 13.0. The van der Waals surface area contributed by atoms with E-state index in [-0.39, 0.29) is 30.7 Å². The predicted octanol–water partition coefficient (Wildman–Crippen LogP) is 1.81. The number of benzene rings is 1. The van der Waals surface area contributed by atoms with Crippen LogP contribution in [0.4, 0.5) is 11.4 Å². The third kappa shape index (κ3) is 5.61. The molecular formula is C25H30N4O6. The van der Waals surface area contributed by atoms with E-state index in [2.05, 4.69) is 15.6 Å². The third-order valence-corrected chi connectivity index (χ3v) is 6.05. The van der Waals surface area contributed by atoms with Crippen LogP contribution in [0.2, 0.25) is 0 Å². The Hall–Kier alpha value is -3.47. The number of fused-ring (bicyclic) bond motifs is 1. The van der Waals surface area contributed by atoms with Crippen LogP contribution in [0.15, 0.2) is 42.6 Å². The number of nitrogens with zero attached hydrogens (tertiary/aromatic N) is 2. The lowest BCUT2D eigenvalue weighted by Crippen LogP contribution is -2.24. The van der Waals surface area contributed by atoms with Gasteiger partial charge in [-0.1, -0.05) is 30.3 Å². The summed E-state index contributed by atoms with van der Waals surface area (Å²) in [6, 6.07) is 11.6. The minimum absolute atomic E-state index is 0.114. The molecule has 1 fully saturated rings. The first-order valence-corrected chi connectivity index (χ1v) is 11.6. The fourth-order valence-electron chi connectivity index (χ4n) is 4.13. The second-order valence-electron chi connectivity index (χ2n) is 8.46. The lowest BCUT2D eigenvalue weighted by Gasteiger charge is -2.12. The van der Waals surface area contributed by atoms with E-state index in [1.54, 1.807) is 16.8 Å². The Morgan fingerprint density at radius 3 is 2.80 bits per heavy atom. The molecule has 0 saturated carbocycles. The molecule has 186 valence electrons. The minimum atomic E-state index is -0.937. The van der Waals surface area contributed by atoms with Crippen molar-refractivity contribution in [1.29, 1.82) is 0 Å². The topological polar surface area (TPSA) is 135 Å². The van der Waals surface area contributed by atoms with Gasteiger partial charge in [0, 0.05) is 25.1 Å². The van der Waals surface area contributed by atoms with Gasteiger partial charge in [-0.15, -0.1) is 0 Å². The second-order valence-corrected chi connectivity index (χ2v) is 8.46. The number of aliphatic hydroxyl groups excluding tert-OH is 2. The van der Waals surface area contributed by atoms with E-state index < -0.39 is 12.1 Å². The maximum absolute atomic E-state index is 13.0. The fourth-order valence-corrected chi connectivity index (χ4v) is 4.13. The van der Waals surface area contributed by atoms with Gasteiger partial charge >= 0.3 is 5.97 Å². The largest absolute Gasteiger partial charge is 0.464 e. The molecule has 4 N–H and O–H groups in total. The number of hydrogen-bond acceptors (Lipinski definition) is 8. The number of carbonyl (C=O) groups is 2. The Labute approximate surface area is 202 Å². The smallest absolute Gasteiger partial charge is 0.356 e. The van der Waals surface area contributed by atoms with Crippen LogP contribution in [-0.2, 0) is 27.2 Å². The van der Waals surface area contributed by atoms with Crippen molar-refractivity contribution in [2.75, 3.05) is 44.1 Å². The van der Waals surface area contributed by atoms with Gasteiger partial charge in [0.2, 0.25) is 5.91 Å². The van der Waals surface area contributed by atoms with Gasteiger partial charge in [-0.2, -0.15) is 0 Å². The summed E-state index contributed by atoms with van der Waals surface area (Å²) in [5.74, 6) is -1.12. The summed E-state index contributed by atoms with van der Waals surface area (Å²) in [4.78, 5) is 30.5. The molecule has 2 aromatic heterocycles. The molecule has 0 spiro atoms. The van der Waals surface area contributed by atoms with E-state index in [4.69, 9.17) is 14.6 Å². The fraction of sp³-hybridized carbons (Fsp3) is 0.400. The van der Waals surface area contributed by atoms with Crippen LogP contribution < -0.4 is 10.6 Å². The zero-order valence-corrected chi connectivity index (χ0v) is 19.6. The molecule has 0 radical (unpaired) electrons. The molecular weight excluding hydrogens is 452 g/mol. The van der Waals surface area contributed by atoms with Gasteiger partial charge in [0.1, 0.15) is 5.65 Å². The van der Waals surface area contributed by atoms with Crippen LogP contribution in [0.1, 0.15) is 22.5 Å². The molecule has 1 aromatic carbocycles. The number of hydrogen-bond donors (Lipinski definition) is 4. The highest BCUT2D eigenvalue weighted by atomic mass is 16.5. The zero-order chi connectivity index (χ0) is 24.8. The Balaban J connectivity index is 1.76. The van der Waals surface area contributed by atoms with E-state index >= 15 is 0 Å². The minimum Gasteiger partial charge on any atom is -0.464 e. The van der Waals surface area contributed by atoms with Gasteiger partial charge < -0.3 is 34.9 Å². The highest BCUT2D eigenvalue weighted by molar-refractivity contribution is 6.11. The first-order chi connectivity index (χ1) is 17.0. The number of pyridine rings is 1. The molecule has 1 aliphatic heterocycles. The van der Waals surface area contributed by atoms with E-state index in [9.17, 15) is 14.7 Å². The number of aliphatic hydroxyl groups is 2. The molecule has 2 atom stereocenters. The molecule has 35 heavy (non-hydrogen) atoms. The van der Waals surface area contributed by atoms with E-state index in [0.717, 1.165) is 5.56 Å². The van der Waals surface area contributed by atoms with Crippen molar-refractivity contribution >= 4 is 34.3 Å². The number of aromatic nitrogens is 2. The number of amides is 1. The Bertz CT molecular complexity index is 1170. The van der Waals surface area contributed by atoms with Crippen molar-refractivity contribution in [1.82, 2.24) is 9.55 Å². The SMILES string of the molecule is COC(=O)c1c(NC(=O)[C@@H]2CCOC2)c2cc(NC[C@H](O)CO)cnc2n1CCc1ccccc1. The zero-order valence-electron chi connectivity index (χ0n) is 19.6.